The molecular formula is C10H14N2O3. The number of fused-ring (bicyclic) bond motifs is 1. The van der Waals surface area contributed by atoms with E-state index in [1.165, 1.54) is 7.11 Å². The molecular weight excluding hydrogens is 196 g/mol. The van der Waals surface area contributed by atoms with Crippen molar-refractivity contribution >= 4 is 6.09 Å². The highest BCUT2D eigenvalue weighted by atomic mass is 16.5. The van der Waals surface area contributed by atoms with Crippen LogP contribution in [-0.4, -0.2) is 31.2 Å². The number of furan rings is 1. The Bertz CT molecular complexity index is 361. The molecule has 0 fully saturated rings. The second kappa shape index (κ2) is 3.94. The average Bonchev–Trinajstić information content (AvgIpc) is 2.74. The number of hydrogen-bond acceptors (Lipinski definition) is 4. The molecule has 82 valence electrons. The zero-order chi connectivity index (χ0) is 10.8. The molecule has 2 heterocycles. The van der Waals surface area contributed by atoms with Crippen LogP contribution in [0.1, 0.15) is 17.4 Å². The Balaban J connectivity index is 2.28. The van der Waals surface area contributed by atoms with E-state index in [1.807, 2.05) is 6.07 Å². The fourth-order valence-corrected chi connectivity index (χ4v) is 1.99. The molecule has 0 radical (unpaired) electrons. The molecule has 0 aromatic carbocycles. The third-order valence-corrected chi connectivity index (χ3v) is 2.73. The normalized spacial score (nSPS) is 19.9. The van der Waals surface area contributed by atoms with E-state index in [4.69, 9.17) is 14.9 Å². The zero-order valence-corrected chi connectivity index (χ0v) is 8.60. The van der Waals surface area contributed by atoms with Gasteiger partial charge in [-0.25, -0.2) is 4.79 Å². The molecule has 0 saturated carbocycles. The van der Waals surface area contributed by atoms with Crippen LogP contribution in [0.3, 0.4) is 0 Å². The molecule has 15 heavy (non-hydrogen) atoms. The summed E-state index contributed by atoms with van der Waals surface area (Å²) in [6.45, 7) is 0.969. The van der Waals surface area contributed by atoms with E-state index in [9.17, 15) is 4.79 Å². The van der Waals surface area contributed by atoms with Crippen LogP contribution in [0.5, 0.6) is 0 Å². The van der Waals surface area contributed by atoms with Gasteiger partial charge in [-0.2, -0.15) is 0 Å². The minimum atomic E-state index is -0.336. The molecule has 0 saturated heterocycles. The Morgan fingerprint density at radius 2 is 2.60 bits per heavy atom. The van der Waals surface area contributed by atoms with Gasteiger partial charge < -0.3 is 14.9 Å². The summed E-state index contributed by atoms with van der Waals surface area (Å²) >= 11 is 0. The van der Waals surface area contributed by atoms with Crippen molar-refractivity contribution in [2.45, 2.75) is 12.5 Å². The van der Waals surface area contributed by atoms with Crippen LogP contribution in [0.15, 0.2) is 16.7 Å². The van der Waals surface area contributed by atoms with Gasteiger partial charge in [0.2, 0.25) is 0 Å². The number of methoxy groups -OCH3 is 1. The van der Waals surface area contributed by atoms with Gasteiger partial charge in [-0.15, -0.1) is 0 Å². The van der Waals surface area contributed by atoms with Crippen LogP contribution < -0.4 is 5.73 Å². The number of amides is 1. The third kappa shape index (κ3) is 1.59. The van der Waals surface area contributed by atoms with Gasteiger partial charge in [0.15, 0.2) is 0 Å². The van der Waals surface area contributed by atoms with Crippen LogP contribution in [0.2, 0.25) is 0 Å². The molecule has 5 nitrogen and oxygen atoms in total. The first-order valence-electron chi connectivity index (χ1n) is 4.89. The Hall–Kier alpha value is -1.49. The number of carbonyl (C=O) groups is 1. The molecule has 1 amide bonds. The van der Waals surface area contributed by atoms with Crippen LogP contribution in [-0.2, 0) is 11.2 Å². The predicted molar refractivity (Wildman–Crippen MR) is 53.3 cm³/mol. The maximum Gasteiger partial charge on any atom is 0.410 e. The smallest absolute Gasteiger partial charge is 0.410 e. The van der Waals surface area contributed by atoms with E-state index in [2.05, 4.69) is 0 Å². The molecule has 0 spiro atoms. The molecule has 2 rings (SSSR count). The zero-order valence-electron chi connectivity index (χ0n) is 8.60. The van der Waals surface area contributed by atoms with E-state index >= 15 is 0 Å². The van der Waals surface area contributed by atoms with Crippen LogP contribution >= 0.6 is 0 Å². The van der Waals surface area contributed by atoms with Crippen molar-refractivity contribution in [3.05, 3.63) is 23.7 Å². The topological polar surface area (TPSA) is 68.7 Å². The Morgan fingerprint density at radius 1 is 1.80 bits per heavy atom. The second-order valence-corrected chi connectivity index (χ2v) is 3.46. The monoisotopic (exact) mass is 210 g/mol. The van der Waals surface area contributed by atoms with Gasteiger partial charge in [0.1, 0.15) is 5.76 Å². The minimum absolute atomic E-state index is 0.125. The van der Waals surface area contributed by atoms with Crippen molar-refractivity contribution in [2.75, 3.05) is 20.2 Å². The highest BCUT2D eigenvalue weighted by Gasteiger charge is 2.31. The van der Waals surface area contributed by atoms with Crippen molar-refractivity contribution < 1.29 is 13.9 Å². The average molecular weight is 210 g/mol. The van der Waals surface area contributed by atoms with Crippen LogP contribution in [0.25, 0.3) is 0 Å². The summed E-state index contributed by atoms with van der Waals surface area (Å²) in [7, 11) is 1.38. The first-order valence-corrected chi connectivity index (χ1v) is 4.89. The molecule has 1 aromatic rings. The summed E-state index contributed by atoms with van der Waals surface area (Å²) < 4.78 is 10.0. The van der Waals surface area contributed by atoms with Gasteiger partial charge in [0.05, 0.1) is 19.4 Å². The van der Waals surface area contributed by atoms with Crippen molar-refractivity contribution in [2.24, 2.45) is 5.73 Å². The Morgan fingerprint density at radius 3 is 3.27 bits per heavy atom. The lowest BCUT2D eigenvalue weighted by Crippen LogP contribution is -2.42. The van der Waals surface area contributed by atoms with Gasteiger partial charge in [0, 0.05) is 25.1 Å². The number of rotatable bonds is 1. The van der Waals surface area contributed by atoms with E-state index in [0.29, 0.717) is 19.5 Å². The first-order chi connectivity index (χ1) is 7.27. The molecule has 2 N–H and O–H groups in total. The standard InChI is InChI=1S/C10H14N2O3/c1-14-10(13)12-4-2-9-7(3-5-15-9)8(12)6-11/h3,5,8H,2,4,6,11H2,1H3. The fraction of sp³-hybridized carbons (Fsp3) is 0.500. The van der Waals surface area contributed by atoms with E-state index in [0.717, 1.165) is 11.3 Å². The van der Waals surface area contributed by atoms with Gasteiger partial charge in [-0.3, -0.25) is 4.90 Å². The first kappa shape index (κ1) is 10.0. The molecule has 5 heteroatoms. The fourth-order valence-electron chi connectivity index (χ4n) is 1.99. The SMILES string of the molecule is COC(=O)N1CCc2occc2C1CN. The minimum Gasteiger partial charge on any atom is -0.469 e. The predicted octanol–water partition coefficient (Wildman–Crippen LogP) is 0.904. The molecule has 1 atom stereocenters. The number of carbonyl (C=O) groups excluding carboxylic acids is 1. The van der Waals surface area contributed by atoms with Gasteiger partial charge in [0.25, 0.3) is 0 Å². The number of ether oxygens (including phenoxy) is 1. The highest BCUT2D eigenvalue weighted by molar-refractivity contribution is 5.68. The van der Waals surface area contributed by atoms with Crippen molar-refractivity contribution in [1.82, 2.24) is 4.90 Å². The maximum atomic E-state index is 11.5. The number of nitrogens with zero attached hydrogens (tertiary/aromatic N) is 1. The van der Waals surface area contributed by atoms with Crippen LogP contribution in [0.4, 0.5) is 4.79 Å². The van der Waals surface area contributed by atoms with Crippen LogP contribution in [0, 0.1) is 0 Å². The lowest BCUT2D eigenvalue weighted by atomic mass is 10.0. The summed E-state index contributed by atoms with van der Waals surface area (Å²) in [5, 5.41) is 0. The third-order valence-electron chi connectivity index (χ3n) is 2.73. The van der Waals surface area contributed by atoms with E-state index < -0.39 is 0 Å². The van der Waals surface area contributed by atoms with Crippen molar-refractivity contribution in [1.29, 1.82) is 0 Å². The lowest BCUT2D eigenvalue weighted by molar-refractivity contribution is 0.101. The molecule has 0 aliphatic carbocycles. The summed E-state index contributed by atoms with van der Waals surface area (Å²) in [5.41, 5.74) is 6.66. The summed E-state index contributed by atoms with van der Waals surface area (Å²) in [5.74, 6) is 0.922. The van der Waals surface area contributed by atoms with Crippen molar-refractivity contribution in [3.8, 4) is 0 Å². The number of hydrogen-bond donors (Lipinski definition) is 1. The number of nitrogens with two attached hydrogens (primary N) is 1. The van der Waals surface area contributed by atoms with Gasteiger partial charge >= 0.3 is 6.09 Å². The Labute approximate surface area is 87.8 Å². The summed E-state index contributed by atoms with van der Waals surface area (Å²) in [6, 6.07) is 1.74. The van der Waals surface area contributed by atoms with Gasteiger partial charge in [-0.1, -0.05) is 0 Å². The quantitative estimate of drug-likeness (QED) is 0.747. The Kier molecular flexibility index (Phi) is 2.64. The summed E-state index contributed by atoms with van der Waals surface area (Å²) in [6.07, 6.45) is 2.01. The highest BCUT2D eigenvalue weighted by Crippen LogP contribution is 2.29. The summed E-state index contributed by atoms with van der Waals surface area (Å²) in [4.78, 5) is 13.1. The molecule has 1 aliphatic rings. The molecule has 1 aliphatic heterocycles. The van der Waals surface area contributed by atoms with Crippen molar-refractivity contribution in [3.63, 3.8) is 0 Å². The van der Waals surface area contributed by atoms with Gasteiger partial charge in [-0.05, 0) is 6.07 Å². The molecule has 1 unspecified atom stereocenters. The van der Waals surface area contributed by atoms with E-state index in [1.54, 1.807) is 11.2 Å². The molecule has 0 bridgehead atoms. The lowest BCUT2D eigenvalue weighted by Gasteiger charge is -2.33. The second-order valence-electron chi connectivity index (χ2n) is 3.46. The molecule has 1 aromatic heterocycles. The van der Waals surface area contributed by atoms with E-state index in [-0.39, 0.29) is 12.1 Å². The largest absolute Gasteiger partial charge is 0.469 e. The maximum absolute atomic E-state index is 11.5.